The van der Waals surface area contributed by atoms with Crippen molar-refractivity contribution in [1.29, 1.82) is 0 Å². The van der Waals surface area contributed by atoms with E-state index in [-0.39, 0.29) is 0 Å². The average Bonchev–Trinajstić information content (AvgIpc) is 3.30. The monoisotopic (exact) mass is 354 g/mol. The summed E-state index contributed by atoms with van der Waals surface area (Å²) in [5, 5.41) is 0. The highest BCUT2D eigenvalue weighted by molar-refractivity contribution is 7.19. The predicted molar refractivity (Wildman–Crippen MR) is 99.3 cm³/mol. The van der Waals surface area contributed by atoms with E-state index in [0.717, 1.165) is 38.5 Å². The van der Waals surface area contributed by atoms with Gasteiger partial charge in [0.15, 0.2) is 0 Å². The van der Waals surface area contributed by atoms with Crippen LogP contribution in [-0.4, -0.2) is 23.0 Å². The van der Waals surface area contributed by atoms with E-state index >= 15 is 0 Å². The second kappa shape index (κ2) is 6.22. The summed E-state index contributed by atoms with van der Waals surface area (Å²) >= 11 is 2.96. The number of hydrogen-bond acceptors (Lipinski definition) is 6. The van der Waals surface area contributed by atoms with Crippen LogP contribution in [0, 0.1) is 0 Å². The fourth-order valence-electron chi connectivity index (χ4n) is 2.63. The Morgan fingerprint density at radius 3 is 2.46 bits per heavy atom. The van der Waals surface area contributed by atoms with Gasteiger partial charge in [-0.05, 0) is 30.3 Å². The van der Waals surface area contributed by atoms with Gasteiger partial charge >= 0.3 is 0 Å². The second-order valence-electron chi connectivity index (χ2n) is 5.17. The maximum absolute atomic E-state index is 5.52. The van der Waals surface area contributed by atoms with Gasteiger partial charge in [0, 0.05) is 26.9 Å². The molecule has 2 aromatic heterocycles. The van der Waals surface area contributed by atoms with Crippen LogP contribution < -0.4 is 9.47 Å². The van der Waals surface area contributed by atoms with Gasteiger partial charge in [-0.3, -0.25) is 0 Å². The third-order valence-electron chi connectivity index (χ3n) is 3.83. The van der Waals surface area contributed by atoms with Crippen LogP contribution in [0.25, 0.3) is 31.9 Å². The van der Waals surface area contributed by atoms with Gasteiger partial charge in [-0.2, -0.15) is 8.75 Å². The zero-order valence-corrected chi connectivity index (χ0v) is 14.8. The van der Waals surface area contributed by atoms with Crippen LogP contribution in [-0.2, 0) is 0 Å². The summed E-state index contributed by atoms with van der Waals surface area (Å²) in [5.74, 6) is 1.59. The molecule has 0 N–H and O–H groups in total. The Morgan fingerprint density at radius 1 is 0.833 bits per heavy atom. The van der Waals surface area contributed by atoms with Crippen molar-refractivity contribution in [1.82, 2.24) is 8.75 Å². The Labute approximate surface area is 147 Å². The molecule has 2 heterocycles. The number of rotatable bonds is 4. The van der Waals surface area contributed by atoms with Crippen molar-refractivity contribution in [3.8, 4) is 32.4 Å². The van der Waals surface area contributed by atoms with Crippen LogP contribution in [0.15, 0.2) is 48.5 Å². The fraction of sp³-hybridized carbons (Fsp3) is 0.111. The average molecular weight is 354 g/mol. The SMILES string of the molecule is COc1ccc(-c2ccc(-c3cccc4nsnc34)s2)c(OC)c1. The molecule has 4 rings (SSSR count). The molecule has 4 aromatic rings. The largest absolute Gasteiger partial charge is 0.497 e. The maximum atomic E-state index is 5.52. The third kappa shape index (κ3) is 2.53. The topological polar surface area (TPSA) is 44.2 Å². The Bertz CT molecular complexity index is 1010. The summed E-state index contributed by atoms with van der Waals surface area (Å²) in [5.41, 5.74) is 4.06. The van der Waals surface area contributed by atoms with Gasteiger partial charge in [0.25, 0.3) is 0 Å². The van der Waals surface area contributed by atoms with Crippen molar-refractivity contribution in [2.24, 2.45) is 0 Å². The van der Waals surface area contributed by atoms with Gasteiger partial charge in [-0.25, -0.2) is 0 Å². The number of hydrogen-bond donors (Lipinski definition) is 0. The molecule has 0 bridgehead atoms. The van der Waals surface area contributed by atoms with Crippen LogP contribution >= 0.6 is 23.1 Å². The number of ether oxygens (including phenoxy) is 2. The van der Waals surface area contributed by atoms with Gasteiger partial charge in [0.1, 0.15) is 22.5 Å². The Morgan fingerprint density at radius 2 is 1.67 bits per heavy atom. The number of nitrogens with zero attached hydrogens (tertiary/aromatic N) is 2. The molecule has 0 aliphatic carbocycles. The summed E-state index contributed by atoms with van der Waals surface area (Å²) in [6.45, 7) is 0. The Kier molecular flexibility index (Phi) is 3.92. The highest BCUT2D eigenvalue weighted by Gasteiger charge is 2.13. The number of aromatic nitrogens is 2. The zero-order valence-electron chi connectivity index (χ0n) is 13.1. The highest BCUT2D eigenvalue weighted by Crippen LogP contribution is 2.41. The fourth-order valence-corrected chi connectivity index (χ4v) is 4.25. The first-order chi connectivity index (χ1) is 11.8. The van der Waals surface area contributed by atoms with Crippen molar-refractivity contribution in [2.75, 3.05) is 14.2 Å². The quantitative estimate of drug-likeness (QED) is 0.511. The molecule has 120 valence electrons. The zero-order chi connectivity index (χ0) is 16.5. The molecule has 2 aromatic carbocycles. The number of fused-ring (bicyclic) bond motifs is 1. The summed E-state index contributed by atoms with van der Waals surface area (Å²) < 4.78 is 19.5. The smallest absolute Gasteiger partial charge is 0.131 e. The standard InChI is InChI=1S/C18H14N2O2S2/c1-21-11-6-7-12(15(10-11)22-2)16-8-9-17(23-16)13-4-3-5-14-18(13)20-24-19-14/h3-10H,1-2H3. The van der Waals surface area contributed by atoms with Crippen molar-refractivity contribution in [3.63, 3.8) is 0 Å². The molecule has 0 unspecified atom stereocenters. The molecule has 0 aliphatic rings. The van der Waals surface area contributed by atoms with Crippen molar-refractivity contribution in [2.45, 2.75) is 0 Å². The minimum Gasteiger partial charge on any atom is -0.497 e. The first-order valence-electron chi connectivity index (χ1n) is 7.34. The predicted octanol–water partition coefficient (Wildman–Crippen LogP) is 5.10. The van der Waals surface area contributed by atoms with Gasteiger partial charge < -0.3 is 9.47 Å². The van der Waals surface area contributed by atoms with Crippen molar-refractivity contribution >= 4 is 34.1 Å². The second-order valence-corrected chi connectivity index (χ2v) is 6.78. The molecule has 0 fully saturated rings. The van der Waals surface area contributed by atoms with Crippen LogP contribution in [0.2, 0.25) is 0 Å². The summed E-state index contributed by atoms with van der Waals surface area (Å²) in [6.07, 6.45) is 0. The molecule has 0 amide bonds. The lowest BCUT2D eigenvalue weighted by atomic mass is 10.1. The van der Waals surface area contributed by atoms with Crippen LogP contribution in [0.5, 0.6) is 11.5 Å². The minimum absolute atomic E-state index is 0.783. The highest BCUT2D eigenvalue weighted by atomic mass is 32.1. The van der Waals surface area contributed by atoms with E-state index in [0.29, 0.717) is 0 Å². The number of methoxy groups -OCH3 is 2. The molecule has 0 aliphatic heterocycles. The molecule has 0 saturated heterocycles. The van der Waals surface area contributed by atoms with E-state index in [1.54, 1.807) is 25.6 Å². The maximum Gasteiger partial charge on any atom is 0.131 e. The number of benzene rings is 2. The molecular formula is C18H14N2O2S2. The molecule has 4 nitrogen and oxygen atoms in total. The molecule has 0 saturated carbocycles. The summed E-state index contributed by atoms with van der Waals surface area (Å²) in [4.78, 5) is 2.31. The normalized spacial score (nSPS) is 10.9. The lowest BCUT2D eigenvalue weighted by Gasteiger charge is -2.08. The first-order valence-corrected chi connectivity index (χ1v) is 8.88. The summed E-state index contributed by atoms with van der Waals surface area (Å²) in [6, 6.07) is 16.2. The van der Waals surface area contributed by atoms with Crippen molar-refractivity contribution < 1.29 is 9.47 Å². The minimum atomic E-state index is 0.783. The van der Waals surface area contributed by atoms with E-state index < -0.39 is 0 Å². The molecular weight excluding hydrogens is 340 g/mol. The van der Waals surface area contributed by atoms with E-state index in [9.17, 15) is 0 Å². The van der Waals surface area contributed by atoms with E-state index in [1.165, 1.54) is 16.6 Å². The first kappa shape index (κ1) is 15.1. The van der Waals surface area contributed by atoms with Crippen LogP contribution in [0.1, 0.15) is 0 Å². The van der Waals surface area contributed by atoms with E-state index in [2.05, 4.69) is 26.9 Å². The van der Waals surface area contributed by atoms with Crippen LogP contribution in [0.4, 0.5) is 0 Å². The van der Waals surface area contributed by atoms with E-state index in [1.807, 2.05) is 30.3 Å². The molecule has 0 atom stereocenters. The number of thiophene rings is 1. The Balaban J connectivity index is 1.80. The summed E-state index contributed by atoms with van der Waals surface area (Å²) in [7, 11) is 3.33. The molecule has 24 heavy (non-hydrogen) atoms. The van der Waals surface area contributed by atoms with Crippen molar-refractivity contribution in [3.05, 3.63) is 48.5 Å². The lowest BCUT2D eigenvalue weighted by molar-refractivity contribution is 0.395. The van der Waals surface area contributed by atoms with Gasteiger partial charge in [0.05, 0.1) is 25.9 Å². The molecule has 6 heteroatoms. The van der Waals surface area contributed by atoms with E-state index in [4.69, 9.17) is 9.47 Å². The van der Waals surface area contributed by atoms with Gasteiger partial charge in [-0.1, -0.05) is 12.1 Å². The van der Waals surface area contributed by atoms with Crippen LogP contribution in [0.3, 0.4) is 0 Å². The van der Waals surface area contributed by atoms with Gasteiger partial charge in [-0.15, -0.1) is 11.3 Å². The third-order valence-corrected chi connectivity index (χ3v) is 5.53. The molecule has 0 radical (unpaired) electrons. The lowest BCUT2D eigenvalue weighted by Crippen LogP contribution is -1.89. The Hall–Kier alpha value is -2.44. The van der Waals surface area contributed by atoms with Gasteiger partial charge in [0.2, 0.25) is 0 Å². The molecule has 0 spiro atoms.